The van der Waals surface area contributed by atoms with Gasteiger partial charge < -0.3 is 9.64 Å². The lowest BCUT2D eigenvalue weighted by Gasteiger charge is -2.44. The van der Waals surface area contributed by atoms with E-state index in [-0.39, 0.29) is 5.91 Å². The zero-order valence-corrected chi connectivity index (χ0v) is 15.3. The maximum absolute atomic E-state index is 12.7. The van der Waals surface area contributed by atoms with Crippen molar-refractivity contribution < 1.29 is 9.53 Å². The van der Waals surface area contributed by atoms with Crippen LogP contribution in [0.3, 0.4) is 0 Å². The van der Waals surface area contributed by atoms with Gasteiger partial charge in [0.15, 0.2) is 0 Å². The van der Waals surface area contributed by atoms with Crippen LogP contribution in [0.1, 0.15) is 31.2 Å². The van der Waals surface area contributed by atoms with Gasteiger partial charge in [0.1, 0.15) is 0 Å². The van der Waals surface area contributed by atoms with Gasteiger partial charge >= 0.3 is 0 Å². The number of nitrogens with zero attached hydrogens (tertiary/aromatic N) is 1. The molecule has 0 saturated carbocycles. The van der Waals surface area contributed by atoms with Crippen molar-refractivity contribution >= 4 is 5.91 Å². The monoisotopic (exact) mass is 349 g/mol. The fourth-order valence-electron chi connectivity index (χ4n) is 4.27. The average Bonchev–Trinajstić information content (AvgIpc) is 2.70. The fourth-order valence-corrected chi connectivity index (χ4v) is 4.27. The van der Waals surface area contributed by atoms with E-state index in [0.717, 1.165) is 57.6 Å². The second-order valence-corrected chi connectivity index (χ2v) is 7.73. The molecule has 0 radical (unpaired) electrons. The fraction of sp³-hybridized carbons (Fsp3) is 0.435. The van der Waals surface area contributed by atoms with Crippen molar-refractivity contribution in [2.45, 2.75) is 32.1 Å². The van der Waals surface area contributed by atoms with Crippen LogP contribution in [0.25, 0.3) is 11.1 Å². The topological polar surface area (TPSA) is 29.5 Å². The van der Waals surface area contributed by atoms with Gasteiger partial charge in [0.2, 0.25) is 5.91 Å². The van der Waals surface area contributed by atoms with Crippen molar-refractivity contribution in [3.05, 3.63) is 60.2 Å². The van der Waals surface area contributed by atoms with Gasteiger partial charge in [-0.3, -0.25) is 4.79 Å². The highest BCUT2D eigenvalue weighted by molar-refractivity contribution is 5.79. The van der Waals surface area contributed by atoms with Crippen LogP contribution in [0, 0.1) is 5.41 Å². The van der Waals surface area contributed by atoms with E-state index in [1.807, 2.05) is 18.2 Å². The number of carbonyl (C=O) groups is 1. The van der Waals surface area contributed by atoms with Crippen molar-refractivity contribution in [1.29, 1.82) is 0 Å². The molecule has 2 aromatic carbocycles. The normalized spacial score (nSPS) is 19.5. The van der Waals surface area contributed by atoms with Crippen molar-refractivity contribution in [2.24, 2.45) is 5.41 Å². The maximum atomic E-state index is 12.7. The van der Waals surface area contributed by atoms with Crippen LogP contribution in [0.5, 0.6) is 0 Å². The molecule has 4 rings (SSSR count). The van der Waals surface area contributed by atoms with Crippen LogP contribution in [-0.4, -0.2) is 37.1 Å². The minimum Gasteiger partial charge on any atom is -0.381 e. The molecule has 0 aromatic heterocycles. The Morgan fingerprint density at radius 2 is 1.46 bits per heavy atom. The first-order valence-electron chi connectivity index (χ1n) is 9.74. The number of hydrogen-bond acceptors (Lipinski definition) is 2. The third-order valence-corrected chi connectivity index (χ3v) is 6.15. The van der Waals surface area contributed by atoms with Crippen LogP contribution in [-0.2, 0) is 16.0 Å². The summed E-state index contributed by atoms with van der Waals surface area (Å²) in [6, 6.07) is 18.8. The molecule has 3 heteroatoms. The van der Waals surface area contributed by atoms with Crippen LogP contribution in [0.2, 0.25) is 0 Å². The van der Waals surface area contributed by atoms with E-state index < -0.39 is 0 Å². The number of ether oxygens (including phenoxy) is 1. The zero-order valence-electron chi connectivity index (χ0n) is 15.3. The first kappa shape index (κ1) is 17.3. The number of amides is 1. The SMILES string of the molecule is O=C(Cc1ccc(-c2ccccc2)cc1)N1CCC2(CCOCC2)CC1. The Bertz CT molecular complexity index is 723. The molecule has 0 atom stereocenters. The third-order valence-electron chi connectivity index (χ3n) is 6.15. The molecule has 136 valence electrons. The summed E-state index contributed by atoms with van der Waals surface area (Å²) >= 11 is 0. The van der Waals surface area contributed by atoms with Gasteiger partial charge in [-0.05, 0) is 47.8 Å². The van der Waals surface area contributed by atoms with Gasteiger partial charge in [-0.2, -0.15) is 0 Å². The Labute approximate surface area is 156 Å². The van der Waals surface area contributed by atoms with Gasteiger partial charge in [-0.15, -0.1) is 0 Å². The molecule has 2 heterocycles. The number of piperidine rings is 1. The first-order valence-corrected chi connectivity index (χ1v) is 9.74. The number of carbonyl (C=O) groups excluding carboxylic acids is 1. The largest absolute Gasteiger partial charge is 0.381 e. The van der Waals surface area contributed by atoms with Crippen molar-refractivity contribution in [3.8, 4) is 11.1 Å². The maximum Gasteiger partial charge on any atom is 0.226 e. The summed E-state index contributed by atoms with van der Waals surface area (Å²) in [7, 11) is 0. The summed E-state index contributed by atoms with van der Waals surface area (Å²) in [4.78, 5) is 14.8. The van der Waals surface area contributed by atoms with Crippen LogP contribution in [0.4, 0.5) is 0 Å². The highest BCUT2D eigenvalue weighted by atomic mass is 16.5. The van der Waals surface area contributed by atoms with E-state index in [2.05, 4.69) is 41.3 Å². The summed E-state index contributed by atoms with van der Waals surface area (Å²) in [6.45, 7) is 3.59. The third kappa shape index (κ3) is 3.83. The lowest BCUT2D eigenvalue weighted by molar-refractivity contribution is -0.133. The second-order valence-electron chi connectivity index (χ2n) is 7.73. The number of rotatable bonds is 3. The van der Waals surface area contributed by atoms with Gasteiger partial charge in [-0.25, -0.2) is 0 Å². The summed E-state index contributed by atoms with van der Waals surface area (Å²) in [5.41, 5.74) is 3.94. The van der Waals surface area contributed by atoms with Crippen LogP contribution < -0.4 is 0 Å². The first-order chi connectivity index (χ1) is 12.7. The van der Waals surface area contributed by atoms with E-state index in [9.17, 15) is 4.79 Å². The minimum absolute atomic E-state index is 0.263. The molecule has 26 heavy (non-hydrogen) atoms. The van der Waals surface area contributed by atoms with Crippen LogP contribution in [0.15, 0.2) is 54.6 Å². The summed E-state index contributed by atoms with van der Waals surface area (Å²) in [5, 5.41) is 0. The predicted octanol–water partition coefficient (Wildman–Crippen LogP) is 4.32. The molecule has 0 bridgehead atoms. The van der Waals surface area contributed by atoms with E-state index in [0.29, 0.717) is 11.8 Å². The van der Waals surface area contributed by atoms with Crippen LogP contribution >= 0.6 is 0 Å². The molecule has 0 N–H and O–H groups in total. The highest BCUT2D eigenvalue weighted by Crippen LogP contribution is 2.40. The molecule has 1 spiro atoms. The van der Waals surface area contributed by atoms with Gasteiger partial charge in [0.05, 0.1) is 6.42 Å². The molecule has 0 aliphatic carbocycles. The Morgan fingerprint density at radius 1 is 0.846 bits per heavy atom. The number of benzene rings is 2. The van der Waals surface area contributed by atoms with Gasteiger partial charge in [-0.1, -0.05) is 54.6 Å². The molecule has 2 aliphatic heterocycles. The van der Waals surface area contributed by atoms with Gasteiger partial charge in [0.25, 0.3) is 0 Å². The average molecular weight is 349 g/mol. The molecule has 0 unspecified atom stereocenters. The lowest BCUT2D eigenvalue weighted by atomic mass is 9.72. The van der Waals surface area contributed by atoms with E-state index in [4.69, 9.17) is 4.74 Å². The minimum atomic E-state index is 0.263. The van der Waals surface area contributed by atoms with E-state index in [1.54, 1.807) is 0 Å². The lowest BCUT2D eigenvalue weighted by Crippen LogP contribution is -2.45. The molecule has 1 amide bonds. The molecule has 2 fully saturated rings. The second kappa shape index (κ2) is 7.63. The number of likely N-dealkylation sites (tertiary alicyclic amines) is 1. The van der Waals surface area contributed by atoms with E-state index >= 15 is 0 Å². The van der Waals surface area contributed by atoms with Gasteiger partial charge in [0, 0.05) is 26.3 Å². The molecule has 2 aliphatic rings. The van der Waals surface area contributed by atoms with Crippen molar-refractivity contribution in [2.75, 3.05) is 26.3 Å². The highest BCUT2D eigenvalue weighted by Gasteiger charge is 2.36. The van der Waals surface area contributed by atoms with Crippen molar-refractivity contribution in [3.63, 3.8) is 0 Å². The number of hydrogen-bond donors (Lipinski definition) is 0. The smallest absolute Gasteiger partial charge is 0.226 e. The molecule has 3 nitrogen and oxygen atoms in total. The summed E-state index contributed by atoms with van der Waals surface area (Å²) in [5.74, 6) is 0.263. The Balaban J connectivity index is 1.34. The molecular weight excluding hydrogens is 322 g/mol. The van der Waals surface area contributed by atoms with E-state index in [1.165, 1.54) is 11.1 Å². The summed E-state index contributed by atoms with van der Waals surface area (Å²) in [6.07, 6.45) is 5.10. The Morgan fingerprint density at radius 3 is 2.12 bits per heavy atom. The predicted molar refractivity (Wildman–Crippen MR) is 104 cm³/mol. The Hall–Kier alpha value is -2.13. The van der Waals surface area contributed by atoms with Crippen molar-refractivity contribution in [1.82, 2.24) is 4.90 Å². The zero-order chi connectivity index (χ0) is 17.8. The molecule has 2 aromatic rings. The standard InChI is InChI=1S/C23H27NO2/c25-22(24-14-10-23(11-15-24)12-16-26-17-13-23)18-19-6-8-21(9-7-19)20-4-2-1-3-5-20/h1-9H,10-18H2. The Kier molecular flexibility index (Phi) is 5.07. The quantitative estimate of drug-likeness (QED) is 0.826. The molecule has 2 saturated heterocycles. The summed E-state index contributed by atoms with van der Waals surface area (Å²) < 4.78 is 5.51. The molecular formula is C23H27NO2.